The van der Waals surface area contributed by atoms with Gasteiger partial charge in [-0.3, -0.25) is 10.5 Å². The highest BCUT2D eigenvalue weighted by atomic mass is 19.4. The smallest absolute Gasteiger partial charge is 0.383 e. The van der Waals surface area contributed by atoms with Crippen molar-refractivity contribution in [3.05, 3.63) is 23.9 Å². The third-order valence-electron chi connectivity index (χ3n) is 6.10. The molecule has 0 bridgehead atoms. The highest BCUT2D eigenvalue weighted by molar-refractivity contribution is 6.19. The molecule has 3 aromatic rings. The lowest BCUT2D eigenvalue weighted by Crippen LogP contribution is -2.69. The average Bonchev–Trinajstić information content (AvgIpc) is 3.44. The summed E-state index contributed by atoms with van der Waals surface area (Å²) in [6.07, 6.45) is -2.51. The Labute approximate surface area is 184 Å². The number of nitrogens with one attached hydrogen (secondary N) is 1. The summed E-state index contributed by atoms with van der Waals surface area (Å²) in [4.78, 5) is 38.4. The van der Waals surface area contributed by atoms with Gasteiger partial charge in [-0.1, -0.05) is 0 Å². The third-order valence-corrected chi connectivity index (χ3v) is 6.10. The van der Waals surface area contributed by atoms with Crippen LogP contribution in [0.15, 0.2) is 18.3 Å². The fraction of sp³-hybridized carbons (Fsp3) is 0.400. The van der Waals surface area contributed by atoms with Crippen LogP contribution in [0.1, 0.15) is 31.2 Å². The van der Waals surface area contributed by atoms with Gasteiger partial charge < -0.3 is 11.1 Å². The van der Waals surface area contributed by atoms with Crippen molar-refractivity contribution in [3.8, 4) is 11.5 Å². The zero-order valence-electron chi connectivity index (χ0n) is 17.3. The monoisotopic (exact) mass is 461 g/mol. The van der Waals surface area contributed by atoms with Crippen LogP contribution in [0, 0.1) is 5.92 Å². The lowest BCUT2D eigenvalue weighted by molar-refractivity contribution is -0.312. The van der Waals surface area contributed by atoms with Gasteiger partial charge in [0.1, 0.15) is 17.3 Å². The van der Waals surface area contributed by atoms with Crippen molar-refractivity contribution < 1.29 is 28.5 Å². The Morgan fingerprint density at radius 2 is 2.09 bits per heavy atom. The number of fused-ring (bicyclic) bond motifs is 2. The number of quaternary nitrogens is 1. The van der Waals surface area contributed by atoms with Gasteiger partial charge in [-0.05, 0) is 37.3 Å². The quantitative estimate of drug-likeness (QED) is 0.465. The minimum Gasteiger partial charge on any atom is -0.383 e. The molecule has 1 aliphatic heterocycles. The fourth-order valence-electron chi connectivity index (χ4n) is 4.54. The number of pyridine rings is 1. The van der Waals surface area contributed by atoms with E-state index in [0.717, 1.165) is 0 Å². The largest absolute Gasteiger partial charge is 0.389 e. The number of nitrogens with zero attached hydrogens (tertiary/aromatic N) is 5. The first kappa shape index (κ1) is 21.2. The number of rotatable bonds is 6. The molecule has 13 heteroatoms. The van der Waals surface area contributed by atoms with Crippen LogP contribution in [0.4, 0.5) is 24.8 Å². The van der Waals surface area contributed by atoms with E-state index in [9.17, 15) is 22.8 Å². The van der Waals surface area contributed by atoms with Crippen LogP contribution in [0.3, 0.4) is 0 Å². The minimum atomic E-state index is -4.27. The van der Waals surface area contributed by atoms with E-state index in [1.165, 1.54) is 10.9 Å². The first-order valence-electron chi connectivity index (χ1n) is 10.4. The number of amides is 2. The molecule has 33 heavy (non-hydrogen) atoms. The number of nitrogens with two attached hydrogens (primary N) is 1. The third kappa shape index (κ3) is 3.30. The van der Waals surface area contributed by atoms with Gasteiger partial charge in [0.05, 0.1) is 10.9 Å². The van der Waals surface area contributed by atoms with E-state index in [1.807, 2.05) is 0 Å². The van der Waals surface area contributed by atoms with Crippen LogP contribution in [0.25, 0.3) is 22.6 Å². The predicted octanol–water partition coefficient (Wildman–Crippen LogP) is 1.18. The Bertz CT molecular complexity index is 1300. The number of nitrogen functional groups attached to an aromatic ring is 1. The molecule has 0 radical (unpaired) electrons. The van der Waals surface area contributed by atoms with E-state index in [1.54, 1.807) is 12.1 Å². The molecule has 0 spiro atoms. The van der Waals surface area contributed by atoms with Gasteiger partial charge in [-0.2, -0.15) is 18.3 Å². The molecule has 1 saturated carbocycles. The molecule has 0 aromatic carbocycles. The molecule has 1 unspecified atom stereocenters. The standard InChI is InChI=1S/C20H19F3N8O2/c21-19(22,23)6-2-8-31-16-10(3-1-7-26-16)12(30-31)15-27-13(24)11-14(28-15)29-18(33)20(11,17(25)32)9-4-5-9/h1,3,7,9H,2,4-6,8H2,(H2,25,32)(H3,24,27,28,29,33)/p+1. The SMILES string of the molecule is Nc1nc(-c2nn(CCCC(F)(F)F)c3ncccc23)nc2c1C(C([NH3+])=O)(C1CC1)C(=O)N2. The molecule has 2 aliphatic rings. The summed E-state index contributed by atoms with van der Waals surface area (Å²) in [6.45, 7) is -0.00895. The number of halogens is 3. The Morgan fingerprint density at radius 3 is 2.76 bits per heavy atom. The number of aryl methyl sites for hydroxylation is 1. The molecule has 1 fully saturated rings. The molecule has 1 aliphatic carbocycles. The topological polar surface area (TPSA) is 156 Å². The number of carbonyl (C=O) groups excluding carboxylic acids is 2. The van der Waals surface area contributed by atoms with Crippen molar-refractivity contribution in [1.29, 1.82) is 0 Å². The summed E-state index contributed by atoms with van der Waals surface area (Å²) in [5.41, 5.74) is 9.10. The minimum absolute atomic E-state index is 0.00895. The Balaban J connectivity index is 1.59. The van der Waals surface area contributed by atoms with Crippen molar-refractivity contribution in [3.63, 3.8) is 0 Å². The molecular weight excluding hydrogens is 441 g/mol. The molecular formula is C20H20F3N8O2+. The second kappa shape index (κ2) is 7.20. The van der Waals surface area contributed by atoms with Crippen molar-refractivity contribution >= 4 is 34.5 Å². The predicted molar refractivity (Wildman–Crippen MR) is 109 cm³/mol. The number of hydrogen-bond acceptors (Lipinski definition) is 7. The lowest BCUT2D eigenvalue weighted by atomic mass is 9.76. The van der Waals surface area contributed by atoms with E-state index in [0.29, 0.717) is 23.9 Å². The maximum atomic E-state index is 12.9. The van der Waals surface area contributed by atoms with Crippen LogP contribution in [0.5, 0.6) is 0 Å². The van der Waals surface area contributed by atoms with Gasteiger partial charge in [0.25, 0.3) is 5.91 Å². The average molecular weight is 461 g/mol. The number of hydrogen-bond donors (Lipinski definition) is 3. The van der Waals surface area contributed by atoms with Crippen LogP contribution in [-0.4, -0.2) is 42.7 Å². The number of alkyl halides is 3. The Kier molecular flexibility index (Phi) is 4.64. The van der Waals surface area contributed by atoms with E-state index in [4.69, 9.17) is 5.73 Å². The molecule has 5 rings (SSSR count). The second-order valence-corrected chi connectivity index (χ2v) is 8.28. The van der Waals surface area contributed by atoms with Crippen LogP contribution >= 0.6 is 0 Å². The van der Waals surface area contributed by atoms with Crippen molar-refractivity contribution in [1.82, 2.24) is 24.7 Å². The summed E-state index contributed by atoms with van der Waals surface area (Å²) in [5.74, 6) is -1.15. The summed E-state index contributed by atoms with van der Waals surface area (Å²) >= 11 is 0. The zero-order chi connectivity index (χ0) is 23.5. The van der Waals surface area contributed by atoms with E-state index in [2.05, 4.69) is 31.1 Å². The number of carbonyl (C=O) groups is 2. The molecule has 6 N–H and O–H groups in total. The normalized spacial score (nSPS) is 20.2. The summed E-state index contributed by atoms with van der Waals surface area (Å²) < 4.78 is 39.1. The summed E-state index contributed by atoms with van der Waals surface area (Å²) in [7, 11) is 0. The summed E-state index contributed by atoms with van der Waals surface area (Å²) in [5, 5.41) is 7.56. The maximum absolute atomic E-state index is 12.9. The van der Waals surface area contributed by atoms with Gasteiger partial charge in [0, 0.05) is 19.2 Å². The van der Waals surface area contributed by atoms with Gasteiger partial charge in [0.15, 0.2) is 16.9 Å². The van der Waals surface area contributed by atoms with Gasteiger partial charge in [0.2, 0.25) is 0 Å². The Morgan fingerprint density at radius 1 is 1.33 bits per heavy atom. The first-order valence-corrected chi connectivity index (χ1v) is 10.4. The Hall–Kier alpha value is -3.61. The van der Waals surface area contributed by atoms with Crippen molar-refractivity contribution in [2.75, 3.05) is 11.1 Å². The molecule has 4 heterocycles. The van der Waals surface area contributed by atoms with Crippen molar-refractivity contribution in [2.24, 2.45) is 5.92 Å². The molecule has 2 amide bonds. The van der Waals surface area contributed by atoms with E-state index < -0.39 is 29.8 Å². The fourth-order valence-corrected chi connectivity index (χ4v) is 4.54. The lowest BCUT2D eigenvalue weighted by Gasteiger charge is -2.21. The second-order valence-electron chi connectivity index (χ2n) is 8.28. The molecule has 172 valence electrons. The van der Waals surface area contributed by atoms with E-state index >= 15 is 0 Å². The van der Waals surface area contributed by atoms with Crippen LogP contribution in [0.2, 0.25) is 0 Å². The van der Waals surface area contributed by atoms with Crippen molar-refractivity contribution in [2.45, 2.75) is 43.8 Å². The zero-order valence-corrected chi connectivity index (χ0v) is 17.3. The first-order chi connectivity index (χ1) is 15.6. The molecule has 3 aromatic heterocycles. The van der Waals surface area contributed by atoms with Crippen LogP contribution in [-0.2, 0) is 21.5 Å². The molecule has 0 saturated heterocycles. The van der Waals surface area contributed by atoms with Crippen LogP contribution < -0.4 is 16.8 Å². The molecule has 1 atom stereocenters. The highest BCUT2D eigenvalue weighted by Gasteiger charge is 2.64. The number of anilines is 2. The molecule has 10 nitrogen and oxygen atoms in total. The number of aromatic nitrogens is 5. The van der Waals surface area contributed by atoms with Gasteiger partial charge in [-0.15, -0.1) is 0 Å². The summed E-state index contributed by atoms with van der Waals surface area (Å²) in [6, 6.07) is 3.36. The van der Waals surface area contributed by atoms with Gasteiger partial charge >= 0.3 is 12.1 Å². The highest BCUT2D eigenvalue weighted by Crippen LogP contribution is 2.53. The maximum Gasteiger partial charge on any atom is 0.389 e. The van der Waals surface area contributed by atoms with E-state index in [-0.39, 0.29) is 47.6 Å². The van der Waals surface area contributed by atoms with Gasteiger partial charge in [-0.25, -0.2) is 24.4 Å².